The van der Waals surface area contributed by atoms with Crippen LogP contribution in [-0.2, 0) is 17.8 Å². The van der Waals surface area contributed by atoms with Crippen molar-refractivity contribution < 1.29 is 23.1 Å². The van der Waals surface area contributed by atoms with Crippen LogP contribution in [0.4, 0.5) is 13.2 Å². The first kappa shape index (κ1) is 26.7. The lowest BCUT2D eigenvalue weighted by molar-refractivity contribution is -0.148. The molecule has 4 rings (SSSR count). The number of alkyl halides is 3. The van der Waals surface area contributed by atoms with E-state index in [1.807, 2.05) is 31.2 Å². The van der Waals surface area contributed by atoms with Gasteiger partial charge in [-0.3, -0.25) is 14.6 Å². The molecule has 1 aromatic carbocycles. The Morgan fingerprint density at radius 1 is 1.14 bits per heavy atom. The number of aliphatic hydroxyl groups excluding tert-OH is 1. The fourth-order valence-electron chi connectivity index (χ4n) is 5.42. The van der Waals surface area contributed by atoms with E-state index in [4.69, 9.17) is 0 Å². The summed E-state index contributed by atoms with van der Waals surface area (Å²) in [6.45, 7) is 4.31. The molecule has 0 bridgehead atoms. The van der Waals surface area contributed by atoms with Gasteiger partial charge in [-0.05, 0) is 36.5 Å². The number of likely N-dealkylation sites (tertiary alicyclic amines) is 1. The molecule has 2 heterocycles. The third-order valence-electron chi connectivity index (χ3n) is 7.48. The van der Waals surface area contributed by atoms with Gasteiger partial charge in [0.2, 0.25) is 5.91 Å². The Labute approximate surface area is 211 Å². The molecule has 0 spiro atoms. The number of carbonyl (C=O) groups is 1. The van der Waals surface area contributed by atoms with Gasteiger partial charge in [0.1, 0.15) is 0 Å². The molecular formula is C27H37F3N4O2. The monoisotopic (exact) mass is 506 g/mol. The minimum Gasteiger partial charge on any atom is -0.390 e. The summed E-state index contributed by atoms with van der Waals surface area (Å²) >= 11 is 0. The summed E-state index contributed by atoms with van der Waals surface area (Å²) in [7, 11) is 0. The lowest BCUT2D eigenvalue weighted by Gasteiger charge is -2.36. The number of amides is 1. The number of aliphatic hydroxyl groups is 1. The number of benzene rings is 1. The van der Waals surface area contributed by atoms with Crippen molar-refractivity contribution in [1.29, 1.82) is 0 Å². The number of piperidine rings is 1. The summed E-state index contributed by atoms with van der Waals surface area (Å²) in [5, 5.41) is 16.9. The zero-order valence-corrected chi connectivity index (χ0v) is 20.8. The summed E-state index contributed by atoms with van der Waals surface area (Å²) < 4.78 is 37.9. The van der Waals surface area contributed by atoms with Crippen LogP contribution in [0.1, 0.15) is 30.9 Å². The number of β-amino-alcohol motifs (C(OH)–C–C–N with tert-alkyl or cyclic N) is 1. The molecule has 9 heteroatoms. The first-order chi connectivity index (χ1) is 17.2. The van der Waals surface area contributed by atoms with E-state index < -0.39 is 18.8 Å². The maximum atomic E-state index is 12.9. The minimum absolute atomic E-state index is 0.0843. The van der Waals surface area contributed by atoms with Gasteiger partial charge in [0.25, 0.3) is 0 Å². The van der Waals surface area contributed by atoms with Gasteiger partial charge in [-0.2, -0.15) is 13.2 Å². The van der Waals surface area contributed by atoms with Crippen molar-refractivity contribution in [3.05, 3.63) is 59.3 Å². The van der Waals surface area contributed by atoms with E-state index in [-0.39, 0.29) is 30.3 Å². The highest BCUT2D eigenvalue weighted by atomic mass is 19.4. The Hall–Kier alpha value is -2.36. The van der Waals surface area contributed by atoms with Crippen LogP contribution in [0.15, 0.2) is 48.2 Å². The normalized spacial score (nSPS) is 24.6. The molecular weight excluding hydrogens is 469 g/mol. The van der Waals surface area contributed by atoms with E-state index >= 15 is 0 Å². The van der Waals surface area contributed by atoms with E-state index in [0.717, 1.165) is 25.2 Å². The maximum absolute atomic E-state index is 12.9. The SMILES string of the molecule is CC1C(NC2CCN(CC(F)(F)F)CC2)=CC=CC1C(=O)NCC(O)CN1CCc2ccccc2C1. The Balaban J connectivity index is 1.20. The number of halogens is 3. The van der Waals surface area contributed by atoms with Crippen LogP contribution in [0.5, 0.6) is 0 Å². The highest BCUT2D eigenvalue weighted by Crippen LogP contribution is 2.27. The average molecular weight is 507 g/mol. The van der Waals surface area contributed by atoms with Gasteiger partial charge in [-0.1, -0.05) is 43.3 Å². The second-order valence-electron chi connectivity index (χ2n) is 10.3. The Bertz CT molecular complexity index is 957. The van der Waals surface area contributed by atoms with Gasteiger partial charge >= 0.3 is 6.18 Å². The number of fused-ring (bicyclic) bond motifs is 1. The predicted molar refractivity (Wildman–Crippen MR) is 133 cm³/mol. The molecule has 3 unspecified atom stereocenters. The van der Waals surface area contributed by atoms with Crippen LogP contribution >= 0.6 is 0 Å². The largest absolute Gasteiger partial charge is 0.401 e. The summed E-state index contributed by atoms with van der Waals surface area (Å²) in [4.78, 5) is 16.6. The van der Waals surface area contributed by atoms with E-state index in [0.29, 0.717) is 32.5 Å². The highest BCUT2D eigenvalue weighted by molar-refractivity contribution is 5.81. The van der Waals surface area contributed by atoms with Crippen molar-refractivity contribution in [3.8, 4) is 0 Å². The zero-order valence-electron chi connectivity index (χ0n) is 20.8. The van der Waals surface area contributed by atoms with Crippen LogP contribution in [0, 0.1) is 11.8 Å². The minimum atomic E-state index is -4.17. The molecule has 0 radical (unpaired) electrons. The summed E-state index contributed by atoms with van der Waals surface area (Å²) in [5.41, 5.74) is 3.58. The molecule has 6 nitrogen and oxygen atoms in total. The van der Waals surface area contributed by atoms with E-state index in [9.17, 15) is 23.1 Å². The van der Waals surface area contributed by atoms with Crippen molar-refractivity contribution >= 4 is 5.91 Å². The topological polar surface area (TPSA) is 67.8 Å². The standard InChI is InChI=1S/C27H37F3N4O2/c1-19-24(7-4-8-25(19)32-22-10-13-33(14-11-22)18-27(28,29)30)26(36)31-15-23(35)17-34-12-9-20-5-2-3-6-21(20)16-34/h2-8,19,22-24,32,35H,9-18H2,1H3,(H,31,36). The Morgan fingerprint density at radius 2 is 1.86 bits per heavy atom. The van der Waals surface area contributed by atoms with Gasteiger partial charge in [0.15, 0.2) is 0 Å². The Kier molecular flexibility index (Phi) is 8.74. The molecule has 1 aliphatic carbocycles. The van der Waals surface area contributed by atoms with Gasteiger partial charge < -0.3 is 15.7 Å². The molecule has 0 saturated carbocycles. The number of carbonyl (C=O) groups excluding carboxylic acids is 1. The maximum Gasteiger partial charge on any atom is 0.401 e. The van der Waals surface area contributed by atoms with E-state index in [2.05, 4.69) is 33.7 Å². The molecule has 1 saturated heterocycles. The van der Waals surface area contributed by atoms with Crippen LogP contribution < -0.4 is 10.6 Å². The van der Waals surface area contributed by atoms with Gasteiger partial charge in [0.05, 0.1) is 18.6 Å². The van der Waals surface area contributed by atoms with Crippen molar-refractivity contribution in [1.82, 2.24) is 20.4 Å². The summed E-state index contributed by atoms with van der Waals surface area (Å²) in [5.74, 6) is -0.579. The fourth-order valence-corrected chi connectivity index (χ4v) is 5.42. The van der Waals surface area contributed by atoms with Crippen molar-refractivity contribution in [2.75, 3.05) is 39.3 Å². The van der Waals surface area contributed by atoms with Crippen LogP contribution in [0.2, 0.25) is 0 Å². The van der Waals surface area contributed by atoms with Crippen molar-refractivity contribution in [2.24, 2.45) is 11.8 Å². The molecule has 0 aromatic heterocycles. The molecule has 3 N–H and O–H groups in total. The lowest BCUT2D eigenvalue weighted by Crippen LogP contribution is -2.47. The molecule has 3 atom stereocenters. The molecule has 3 aliphatic rings. The highest BCUT2D eigenvalue weighted by Gasteiger charge is 2.34. The quantitative estimate of drug-likeness (QED) is 0.506. The van der Waals surface area contributed by atoms with Crippen molar-refractivity contribution in [3.63, 3.8) is 0 Å². The second-order valence-corrected chi connectivity index (χ2v) is 10.3. The van der Waals surface area contributed by atoms with E-state index in [1.165, 1.54) is 16.0 Å². The number of allylic oxidation sites excluding steroid dienone is 3. The van der Waals surface area contributed by atoms with E-state index in [1.54, 1.807) is 0 Å². The fraction of sp³-hybridized carbons (Fsp3) is 0.593. The molecule has 198 valence electrons. The second kappa shape index (κ2) is 11.8. The van der Waals surface area contributed by atoms with Crippen LogP contribution in [0.25, 0.3) is 0 Å². The number of nitrogens with zero attached hydrogens (tertiary/aromatic N) is 2. The molecule has 1 aromatic rings. The van der Waals surface area contributed by atoms with Gasteiger partial charge in [-0.25, -0.2) is 0 Å². The molecule has 2 aliphatic heterocycles. The predicted octanol–water partition coefficient (Wildman–Crippen LogP) is 2.84. The first-order valence-corrected chi connectivity index (χ1v) is 12.9. The summed E-state index contributed by atoms with van der Waals surface area (Å²) in [6, 6.07) is 8.45. The van der Waals surface area contributed by atoms with Crippen LogP contribution in [-0.4, -0.2) is 78.4 Å². The molecule has 36 heavy (non-hydrogen) atoms. The van der Waals surface area contributed by atoms with Gasteiger partial charge in [0, 0.05) is 56.9 Å². The average Bonchev–Trinajstić information content (AvgIpc) is 2.84. The van der Waals surface area contributed by atoms with Crippen LogP contribution in [0.3, 0.4) is 0 Å². The molecule has 1 amide bonds. The van der Waals surface area contributed by atoms with Gasteiger partial charge in [-0.15, -0.1) is 0 Å². The third kappa shape index (κ3) is 7.33. The van der Waals surface area contributed by atoms with Crippen molar-refractivity contribution in [2.45, 2.75) is 51.1 Å². The number of hydrogen-bond donors (Lipinski definition) is 3. The Morgan fingerprint density at radius 3 is 2.58 bits per heavy atom. The third-order valence-corrected chi connectivity index (χ3v) is 7.48. The summed E-state index contributed by atoms with van der Waals surface area (Å²) in [6.07, 6.45) is 3.07. The first-order valence-electron chi connectivity index (χ1n) is 12.9. The number of hydrogen-bond acceptors (Lipinski definition) is 5. The number of rotatable bonds is 8. The number of nitrogens with one attached hydrogen (secondary N) is 2. The lowest BCUT2D eigenvalue weighted by atomic mass is 9.85. The molecule has 1 fully saturated rings. The smallest absolute Gasteiger partial charge is 0.390 e. The zero-order chi connectivity index (χ0) is 25.7.